The fourth-order valence-corrected chi connectivity index (χ4v) is 9.78. The number of hydrogen-bond donors (Lipinski definition) is 8. The molecule has 0 aliphatic heterocycles. The van der Waals surface area contributed by atoms with Crippen molar-refractivity contribution in [1.29, 1.82) is 0 Å². The lowest BCUT2D eigenvalue weighted by molar-refractivity contribution is 0.279. The average molecular weight is 1240 g/mol. The standard InChI is InChI=1S/C55H92N12O2.C17H22N2O2/c1-5-9-13-17-21-26-40-56-50-62-51(57-41-27-22-18-14-10-6-2)65-54(64-50)60-46-32-36-48(37-33-46)68-44-30-25-31-45-69-49-38-34-47(35-39-49)61-55-66-52(58-42-28-23-19-15-11-7-3)63-53(67-55)59-43-29-24-20-16-12-8-4;18-14-4-8-16(9-5-14)20-12-2-1-3-13-21-17-10-6-15(19)7-11-17/h32-39H,5-31,40-45H2,1-4H3,(H3,56,57,60,62,64,65)(H3,58,59,61,63,66,67);4-11H,1-3,12-13,18-19H2. The van der Waals surface area contributed by atoms with Crippen molar-refractivity contribution in [2.24, 2.45) is 0 Å². The Hall–Kier alpha value is -7.50. The summed E-state index contributed by atoms with van der Waals surface area (Å²) in [6.45, 7) is 15.1. The number of nitrogens with zero attached hydrogens (tertiary/aromatic N) is 6. The number of nitrogens with two attached hydrogens (primary N) is 2. The number of aromatic nitrogens is 6. The maximum absolute atomic E-state index is 6.08. The molecule has 0 fully saturated rings. The van der Waals surface area contributed by atoms with Crippen LogP contribution in [0.25, 0.3) is 0 Å². The van der Waals surface area contributed by atoms with Crippen LogP contribution in [-0.2, 0) is 0 Å². The Labute approximate surface area is 541 Å². The molecule has 0 atom stereocenters. The first kappa shape index (κ1) is 73.2. The van der Waals surface area contributed by atoms with Gasteiger partial charge in [-0.3, -0.25) is 0 Å². The van der Waals surface area contributed by atoms with E-state index in [1.54, 1.807) is 0 Å². The van der Waals surface area contributed by atoms with E-state index in [1.165, 1.54) is 128 Å². The lowest BCUT2D eigenvalue weighted by atomic mass is 10.1. The Kier molecular flexibility index (Phi) is 39.4. The summed E-state index contributed by atoms with van der Waals surface area (Å²) in [6.07, 6.45) is 35.9. The SMILES string of the molecule is CCCCCCCCNc1nc(NCCCCCCCC)nc(Nc2ccc(OCCCCCOc3ccc(Nc4nc(NCCCCCCCC)nc(NCCCCCCCC)n4)cc3)cc2)n1.Nc1ccc(OCCCCCOc2ccc(N)cc2)cc1. The lowest BCUT2D eigenvalue weighted by Crippen LogP contribution is -2.12. The van der Waals surface area contributed by atoms with Gasteiger partial charge < -0.3 is 62.3 Å². The maximum atomic E-state index is 6.08. The van der Waals surface area contributed by atoms with Gasteiger partial charge in [0.2, 0.25) is 35.7 Å². The number of hydrogen-bond acceptors (Lipinski definition) is 18. The topological polar surface area (TPSA) is 238 Å². The van der Waals surface area contributed by atoms with E-state index in [2.05, 4.69) is 69.6 Å². The van der Waals surface area contributed by atoms with Gasteiger partial charge >= 0.3 is 0 Å². The fourth-order valence-electron chi connectivity index (χ4n) is 9.78. The summed E-state index contributed by atoms with van der Waals surface area (Å²) < 4.78 is 23.4. The summed E-state index contributed by atoms with van der Waals surface area (Å²) in [5.74, 6) is 6.82. The highest BCUT2D eigenvalue weighted by Gasteiger charge is 2.11. The van der Waals surface area contributed by atoms with Crippen LogP contribution in [0.5, 0.6) is 23.0 Å². The second-order valence-corrected chi connectivity index (χ2v) is 23.3. The van der Waals surface area contributed by atoms with E-state index in [9.17, 15) is 0 Å². The first-order chi connectivity index (χ1) is 44.3. The molecular weight excluding hydrogens is 1120 g/mol. The zero-order valence-corrected chi connectivity index (χ0v) is 55.6. The molecule has 0 unspecified atom stereocenters. The predicted octanol–water partition coefficient (Wildman–Crippen LogP) is 18.7. The van der Waals surface area contributed by atoms with Crippen molar-refractivity contribution in [2.45, 2.75) is 220 Å². The first-order valence-electron chi connectivity index (χ1n) is 34.8. The molecule has 0 bridgehead atoms. The van der Waals surface area contributed by atoms with E-state index in [-0.39, 0.29) is 0 Å². The zero-order chi connectivity index (χ0) is 63.6. The molecule has 6 aromatic rings. The van der Waals surface area contributed by atoms with E-state index in [4.69, 9.17) is 50.4 Å². The molecule has 10 N–H and O–H groups in total. The second kappa shape index (κ2) is 48.4. The average Bonchev–Trinajstić information content (AvgIpc) is 2.38. The Morgan fingerprint density at radius 3 is 0.722 bits per heavy atom. The van der Waals surface area contributed by atoms with Crippen LogP contribution in [0.1, 0.15) is 220 Å². The number of anilines is 10. The van der Waals surface area contributed by atoms with E-state index in [0.717, 1.165) is 136 Å². The molecule has 0 aliphatic rings. The molecule has 0 radical (unpaired) electrons. The van der Waals surface area contributed by atoms with Crippen LogP contribution in [0.15, 0.2) is 97.1 Å². The van der Waals surface area contributed by atoms with Crippen molar-refractivity contribution in [3.8, 4) is 23.0 Å². The molecule has 2 aromatic heterocycles. The molecule has 0 spiro atoms. The van der Waals surface area contributed by atoms with Gasteiger partial charge in [-0.1, -0.05) is 156 Å². The molecule has 0 saturated carbocycles. The highest BCUT2D eigenvalue weighted by atomic mass is 16.5. The molecule has 4 aromatic carbocycles. The summed E-state index contributed by atoms with van der Waals surface area (Å²) in [5.41, 5.74) is 14.5. The number of nitrogen functional groups attached to an aromatic ring is 2. The van der Waals surface area contributed by atoms with Gasteiger partial charge in [-0.05, 0) is 161 Å². The van der Waals surface area contributed by atoms with E-state index in [1.807, 2.05) is 97.1 Å². The quantitative estimate of drug-likeness (QED) is 0.0131. The third kappa shape index (κ3) is 35.0. The minimum absolute atomic E-state index is 0.518. The van der Waals surface area contributed by atoms with Crippen molar-refractivity contribution in [3.05, 3.63) is 97.1 Å². The molecule has 18 nitrogen and oxygen atoms in total. The van der Waals surface area contributed by atoms with Gasteiger partial charge in [0.25, 0.3) is 0 Å². The Morgan fingerprint density at radius 2 is 0.467 bits per heavy atom. The third-order valence-electron chi connectivity index (χ3n) is 15.2. The normalized spacial score (nSPS) is 10.9. The van der Waals surface area contributed by atoms with Crippen LogP contribution in [0, 0.1) is 0 Å². The number of nitrogens with one attached hydrogen (secondary N) is 6. The number of rotatable bonds is 52. The van der Waals surface area contributed by atoms with Gasteiger partial charge in [0.05, 0.1) is 26.4 Å². The second-order valence-electron chi connectivity index (χ2n) is 23.3. The molecule has 90 heavy (non-hydrogen) atoms. The third-order valence-corrected chi connectivity index (χ3v) is 15.2. The minimum atomic E-state index is 0.518. The summed E-state index contributed by atoms with van der Waals surface area (Å²) in [5, 5.41) is 20.5. The summed E-state index contributed by atoms with van der Waals surface area (Å²) >= 11 is 0. The molecule has 496 valence electrons. The molecule has 18 heteroatoms. The molecule has 0 aliphatic carbocycles. The summed E-state index contributed by atoms with van der Waals surface area (Å²) in [7, 11) is 0. The van der Waals surface area contributed by atoms with Crippen molar-refractivity contribution < 1.29 is 18.9 Å². The van der Waals surface area contributed by atoms with Crippen LogP contribution >= 0.6 is 0 Å². The number of unbranched alkanes of at least 4 members (excludes halogenated alkanes) is 24. The van der Waals surface area contributed by atoms with Gasteiger partial charge in [-0.15, -0.1) is 0 Å². The highest BCUT2D eigenvalue weighted by Crippen LogP contribution is 2.24. The first-order valence-corrected chi connectivity index (χ1v) is 34.8. The Bertz CT molecular complexity index is 2430. The van der Waals surface area contributed by atoms with Gasteiger partial charge in [-0.25, -0.2) is 0 Å². The van der Waals surface area contributed by atoms with Crippen molar-refractivity contribution in [1.82, 2.24) is 29.9 Å². The van der Waals surface area contributed by atoms with Crippen LogP contribution in [0.4, 0.5) is 58.4 Å². The summed E-state index contributed by atoms with van der Waals surface area (Å²) in [6, 6.07) is 30.9. The monoisotopic (exact) mass is 1240 g/mol. The molecule has 6 rings (SSSR count). The maximum Gasteiger partial charge on any atom is 0.233 e. The number of benzene rings is 4. The Morgan fingerprint density at radius 1 is 0.256 bits per heavy atom. The van der Waals surface area contributed by atoms with Crippen LogP contribution in [-0.4, -0.2) is 82.5 Å². The van der Waals surface area contributed by atoms with E-state index in [0.29, 0.717) is 62.1 Å². The minimum Gasteiger partial charge on any atom is -0.494 e. The molecule has 0 amide bonds. The van der Waals surface area contributed by atoms with Crippen molar-refractivity contribution in [2.75, 3.05) is 96.0 Å². The fraction of sp³-hybridized carbons (Fsp3) is 0.583. The predicted molar refractivity (Wildman–Crippen MR) is 378 cm³/mol. The summed E-state index contributed by atoms with van der Waals surface area (Å²) in [4.78, 5) is 28.2. The van der Waals surface area contributed by atoms with Gasteiger partial charge in [0.15, 0.2) is 0 Å². The highest BCUT2D eigenvalue weighted by molar-refractivity contribution is 5.58. The van der Waals surface area contributed by atoms with Gasteiger partial charge in [0, 0.05) is 48.9 Å². The van der Waals surface area contributed by atoms with Crippen LogP contribution in [0.2, 0.25) is 0 Å². The smallest absolute Gasteiger partial charge is 0.233 e. The lowest BCUT2D eigenvalue weighted by Gasteiger charge is -2.12. The largest absolute Gasteiger partial charge is 0.494 e. The van der Waals surface area contributed by atoms with E-state index < -0.39 is 0 Å². The van der Waals surface area contributed by atoms with Crippen molar-refractivity contribution >= 4 is 58.4 Å². The van der Waals surface area contributed by atoms with Crippen molar-refractivity contribution in [3.63, 3.8) is 0 Å². The zero-order valence-electron chi connectivity index (χ0n) is 55.6. The number of ether oxygens (including phenoxy) is 4. The van der Waals surface area contributed by atoms with Gasteiger partial charge in [0.1, 0.15) is 23.0 Å². The molecular formula is C72H114N14O4. The van der Waals surface area contributed by atoms with Gasteiger partial charge in [-0.2, -0.15) is 29.9 Å². The molecule has 0 saturated heterocycles. The van der Waals surface area contributed by atoms with E-state index >= 15 is 0 Å². The molecule has 2 heterocycles. The Balaban J connectivity index is 0.000000587. The van der Waals surface area contributed by atoms with Crippen LogP contribution < -0.4 is 62.3 Å². The van der Waals surface area contributed by atoms with Crippen LogP contribution in [0.3, 0.4) is 0 Å².